The average molecular weight is 338 g/mol. The Morgan fingerprint density at radius 1 is 1.12 bits per heavy atom. The fourth-order valence-corrected chi connectivity index (χ4v) is 4.02. The number of aliphatic carboxylic acids is 1. The van der Waals surface area contributed by atoms with Crippen LogP contribution in [0.15, 0.2) is 12.2 Å². The van der Waals surface area contributed by atoms with Crippen molar-refractivity contribution in [2.45, 2.75) is 83.3 Å². The van der Waals surface area contributed by atoms with Crippen LogP contribution in [0.4, 0.5) is 0 Å². The number of hydrogen-bond acceptors (Lipinski definition) is 3. The van der Waals surface area contributed by atoms with Crippen LogP contribution < -0.4 is 0 Å². The zero-order valence-corrected chi connectivity index (χ0v) is 15.1. The van der Waals surface area contributed by atoms with E-state index in [1.807, 2.05) is 0 Å². The first-order valence-electron chi connectivity index (χ1n) is 9.82. The topological polar surface area (TPSA) is 55.8 Å². The summed E-state index contributed by atoms with van der Waals surface area (Å²) in [6, 6.07) is 0. The van der Waals surface area contributed by atoms with E-state index in [2.05, 4.69) is 19.1 Å². The van der Waals surface area contributed by atoms with Crippen molar-refractivity contribution in [3.05, 3.63) is 12.2 Å². The van der Waals surface area contributed by atoms with Crippen LogP contribution in [-0.2, 0) is 14.3 Å². The van der Waals surface area contributed by atoms with Crippen molar-refractivity contribution in [3.8, 4) is 0 Å². The van der Waals surface area contributed by atoms with Crippen LogP contribution in [0.25, 0.3) is 0 Å². The molecule has 0 aromatic rings. The minimum atomic E-state index is -0.707. The van der Waals surface area contributed by atoms with Gasteiger partial charge in [0, 0.05) is 18.9 Å². The Labute approximate surface area is 146 Å². The summed E-state index contributed by atoms with van der Waals surface area (Å²) in [5, 5.41) is 8.64. The third-order valence-corrected chi connectivity index (χ3v) is 5.38. The summed E-state index contributed by atoms with van der Waals surface area (Å²) in [6.45, 7) is 3.95. The van der Waals surface area contributed by atoms with E-state index in [1.165, 1.54) is 38.5 Å². The van der Waals surface area contributed by atoms with Gasteiger partial charge in [-0.1, -0.05) is 38.3 Å². The maximum absolute atomic E-state index is 10.5. The fraction of sp³-hybridized carbons (Fsp3) is 0.850. The fourth-order valence-electron chi connectivity index (χ4n) is 4.02. The normalized spacial score (nSPS) is 28.9. The first-order valence-corrected chi connectivity index (χ1v) is 9.82. The van der Waals surface area contributed by atoms with Crippen molar-refractivity contribution < 1.29 is 19.4 Å². The molecule has 2 fully saturated rings. The molecule has 4 nitrogen and oxygen atoms in total. The lowest BCUT2D eigenvalue weighted by atomic mass is 9.78. The maximum Gasteiger partial charge on any atom is 0.303 e. The smallest absolute Gasteiger partial charge is 0.303 e. The predicted molar refractivity (Wildman–Crippen MR) is 95.1 cm³/mol. The highest BCUT2D eigenvalue weighted by Crippen LogP contribution is 2.45. The number of rotatable bonds is 13. The van der Waals surface area contributed by atoms with E-state index in [9.17, 15) is 4.79 Å². The minimum absolute atomic E-state index is 0.260. The summed E-state index contributed by atoms with van der Waals surface area (Å²) < 4.78 is 12.1. The number of hydrogen-bond donors (Lipinski definition) is 1. The van der Waals surface area contributed by atoms with Gasteiger partial charge in [0.25, 0.3) is 0 Å². The Hall–Kier alpha value is -0.870. The molecule has 0 aromatic heterocycles. The first kappa shape index (κ1) is 19.5. The van der Waals surface area contributed by atoms with Crippen LogP contribution in [0.3, 0.4) is 0 Å². The Bertz CT molecular complexity index is 393. The van der Waals surface area contributed by atoms with Crippen LogP contribution >= 0.6 is 0 Å². The number of fused-ring (bicyclic) bond motifs is 2. The van der Waals surface area contributed by atoms with E-state index in [0.717, 1.165) is 32.5 Å². The van der Waals surface area contributed by atoms with E-state index in [0.29, 0.717) is 24.0 Å². The van der Waals surface area contributed by atoms with Crippen molar-refractivity contribution in [2.24, 2.45) is 11.8 Å². The van der Waals surface area contributed by atoms with Crippen LogP contribution in [0.2, 0.25) is 0 Å². The van der Waals surface area contributed by atoms with Crippen LogP contribution in [0.5, 0.6) is 0 Å². The molecule has 2 bridgehead atoms. The van der Waals surface area contributed by atoms with E-state index < -0.39 is 5.97 Å². The summed E-state index contributed by atoms with van der Waals surface area (Å²) >= 11 is 0. The van der Waals surface area contributed by atoms with Gasteiger partial charge in [0.1, 0.15) is 0 Å². The molecule has 24 heavy (non-hydrogen) atoms. The number of carboxylic acids is 1. The summed E-state index contributed by atoms with van der Waals surface area (Å²) in [6.07, 6.45) is 15.4. The van der Waals surface area contributed by atoms with Gasteiger partial charge in [0.05, 0.1) is 18.8 Å². The minimum Gasteiger partial charge on any atom is -0.481 e. The van der Waals surface area contributed by atoms with Crippen molar-refractivity contribution in [1.82, 2.24) is 0 Å². The lowest BCUT2D eigenvalue weighted by Crippen LogP contribution is -2.30. The lowest BCUT2D eigenvalue weighted by Gasteiger charge is -2.27. The second-order valence-electron chi connectivity index (χ2n) is 7.25. The molecule has 2 heterocycles. The lowest BCUT2D eigenvalue weighted by molar-refractivity contribution is -0.137. The molecule has 0 aliphatic carbocycles. The highest BCUT2D eigenvalue weighted by Gasteiger charge is 2.48. The second kappa shape index (κ2) is 10.9. The molecule has 2 saturated heterocycles. The summed E-state index contributed by atoms with van der Waals surface area (Å²) in [5.74, 6) is 0.412. The largest absolute Gasteiger partial charge is 0.481 e. The Balaban J connectivity index is 1.65. The monoisotopic (exact) mass is 338 g/mol. The van der Waals surface area contributed by atoms with Crippen molar-refractivity contribution in [2.75, 3.05) is 13.2 Å². The molecule has 0 aromatic carbocycles. The zero-order valence-electron chi connectivity index (χ0n) is 15.1. The molecule has 4 atom stereocenters. The summed E-state index contributed by atoms with van der Waals surface area (Å²) in [4.78, 5) is 10.5. The predicted octanol–water partition coefficient (Wildman–Crippen LogP) is 4.58. The number of carbonyl (C=O) groups is 1. The molecule has 0 amide bonds. The van der Waals surface area contributed by atoms with Gasteiger partial charge in [-0.25, -0.2) is 0 Å². The van der Waals surface area contributed by atoms with Crippen LogP contribution in [0.1, 0.15) is 71.1 Å². The van der Waals surface area contributed by atoms with Crippen molar-refractivity contribution in [1.29, 1.82) is 0 Å². The quantitative estimate of drug-likeness (QED) is 0.394. The first-order chi connectivity index (χ1) is 11.7. The van der Waals surface area contributed by atoms with Crippen molar-refractivity contribution >= 4 is 5.97 Å². The Morgan fingerprint density at radius 2 is 1.92 bits per heavy atom. The third-order valence-electron chi connectivity index (χ3n) is 5.38. The van der Waals surface area contributed by atoms with E-state index >= 15 is 0 Å². The third kappa shape index (κ3) is 6.21. The summed E-state index contributed by atoms with van der Waals surface area (Å²) in [5.41, 5.74) is 0. The summed E-state index contributed by atoms with van der Waals surface area (Å²) in [7, 11) is 0. The molecule has 0 spiro atoms. The molecular weight excluding hydrogens is 304 g/mol. The van der Waals surface area contributed by atoms with Gasteiger partial charge in [-0.15, -0.1) is 0 Å². The zero-order chi connectivity index (χ0) is 17.2. The van der Waals surface area contributed by atoms with Gasteiger partial charge in [0.2, 0.25) is 0 Å². The molecule has 2 aliphatic heterocycles. The Morgan fingerprint density at radius 3 is 2.67 bits per heavy atom. The number of carboxylic acid groups (broad SMARTS) is 1. The molecule has 4 heteroatoms. The molecule has 0 saturated carbocycles. The standard InChI is InChI=1S/C20H34O4/c1-2-3-4-9-14-23-15-17-16(18-12-13-19(17)24-18)10-7-5-6-8-11-20(21)22/h5,7,16-19H,2-4,6,8-15H2,1H3,(H,21,22)/t16-,17-,18+,19-/m0/s1. The molecule has 138 valence electrons. The van der Waals surface area contributed by atoms with Gasteiger partial charge < -0.3 is 14.6 Å². The molecule has 0 radical (unpaired) electrons. The molecule has 2 aliphatic rings. The van der Waals surface area contributed by atoms with Gasteiger partial charge in [-0.3, -0.25) is 4.79 Å². The molecule has 0 unspecified atom stereocenters. The maximum atomic E-state index is 10.5. The molecule has 2 rings (SSSR count). The van der Waals surface area contributed by atoms with Gasteiger partial charge in [-0.2, -0.15) is 0 Å². The van der Waals surface area contributed by atoms with Gasteiger partial charge in [0.15, 0.2) is 0 Å². The number of allylic oxidation sites excluding steroid dienone is 2. The second-order valence-corrected chi connectivity index (χ2v) is 7.25. The van der Waals surface area contributed by atoms with Crippen LogP contribution in [-0.4, -0.2) is 36.5 Å². The molecule has 1 N–H and O–H groups in total. The van der Waals surface area contributed by atoms with Gasteiger partial charge >= 0.3 is 5.97 Å². The van der Waals surface area contributed by atoms with E-state index in [4.69, 9.17) is 14.6 Å². The van der Waals surface area contributed by atoms with E-state index in [1.54, 1.807) is 0 Å². The van der Waals surface area contributed by atoms with E-state index in [-0.39, 0.29) is 6.42 Å². The average Bonchev–Trinajstić information content (AvgIpc) is 3.15. The van der Waals surface area contributed by atoms with Crippen molar-refractivity contribution in [3.63, 3.8) is 0 Å². The highest BCUT2D eigenvalue weighted by molar-refractivity contribution is 5.66. The number of ether oxygens (including phenoxy) is 2. The Kier molecular flexibility index (Phi) is 8.82. The molecular formula is C20H34O4. The SMILES string of the molecule is CCCCCCOC[C@H]1[C@H](CC=CCCCC(=O)O)[C@H]2CC[C@@H]1O2. The van der Waals surface area contributed by atoms with Crippen LogP contribution in [0, 0.1) is 11.8 Å². The van der Waals surface area contributed by atoms with Gasteiger partial charge in [-0.05, 0) is 44.4 Å². The highest BCUT2D eigenvalue weighted by atomic mass is 16.5. The number of unbranched alkanes of at least 4 members (excludes halogenated alkanes) is 4.